The molecule has 0 saturated carbocycles. The van der Waals surface area contributed by atoms with Crippen molar-refractivity contribution < 1.29 is 17.4 Å². The number of nitrogens with one attached hydrogen (secondary N) is 1. The maximum Gasteiger partial charge on any atom is 0.433 e. The lowest BCUT2D eigenvalue weighted by Gasteiger charge is -2.12. The minimum absolute atomic E-state index is 0.369. The zero-order valence-electron chi connectivity index (χ0n) is 14.3. The van der Waals surface area contributed by atoms with E-state index in [0.717, 1.165) is 17.8 Å². The predicted molar refractivity (Wildman–Crippen MR) is 102 cm³/mol. The van der Waals surface area contributed by atoms with Crippen molar-refractivity contribution in [3.05, 3.63) is 59.5 Å². The lowest BCUT2D eigenvalue weighted by molar-refractivity contribution is -0.141. The first kappa shape index (κ1) is 19.3. The molecule has 142 valence electrons. The summed E-state index contributed by atoms with van der Waals surface area (Å²) in [6, 6.07) is 5.76. The highest BCUT2D eigenvalue weighted by molar-refractivity contribution is 8.03. The number of alkyl halides is 3. The number of hydrogen-bond donors (Lipinski definition) is 1. The third-order valence-corrected chi connectivity index (χ3v) is 6.68. The number of pyridine rings is 2. The molecule has 0 aliphatic heterocycles. The topological polar surface area (TPSA) is 67.8 Å². The molecule has 1 N–H and O–H groups in total. The summed E-state index contributed by atoms with van der Waals surface area (Å²) in [7, 11) is -2.75. The monoisotopic (exact) mass is 412 g/mol. The summed E-state index contributed by atoms with van der Waals surface area (Å²) in [5, 5.41) is 2.27. The van der Waals surface area contributed by atoms with E-state index in [9.17, 15) is 17.4 Å². The molecule has 0 spiro atoms. The summed E-state index contributed by atoms with van der Waals surface area (Å²) >= 11 is 1.29. The molecule has 3 aromatic heterocycles. The van der Waals surface area contributed by atoms with Gasteiger partial charge < -0.3 is 0 Å². The van der Waals surface area contributed by atoms with Crippen molar-refractivity contribution in [3.8, 4) is 11.3 Å². The average Bonchev–Trinajstić information content (AvgIpc) is 3.09. The Morgan fingerprint density at radius 3 is 2.48 bits per heavy atom. The Hall–Kier alpha value is -2.46. The normalized spacial score (nSPS) is 13.8. The lowest BCUT2D eigenvalue weighted by Crippen LogP contribution is -2.20. The van der Waals surface area contributed by atoms with Crippen molar-refractivity contribution in [1.82, 2.24) is 15.0 Å². The van der Waals surface area contributed by atoms with E-state index in [1.165, 1.54) is 23.7 Å². The van der Waals surface area contributed by atoms with Gasteiger partial charge >= 0.3 is 6.18 Å². The van der Waals surface area contributed by atoms with Crippen molar-refractivity contribution >= 4 is 31.0 Å². The van der Waals surface area contributed by atoms with Crippen LogP contribution in [0, 0.1) is 0 Å². The summed E-state index contributed by atoms with van der Waals surface area (Å²) in [6.07, 6.45) is 1.35. The maximum absolute atomic E-state index is 13.0. The second-order valence-corrected chi connectivity index (χ2v) is 9.07. The molecule has 0 aromatic carbocycles. The Bertz CT molecular complexity index is 1050. The third-order valence-electron chi connectivity index (χ3n) is 3.81. The summed E-state index contributed by atoms with van der Waals surface area (Å²) in [4.78, 5) is 12.2. The molecule has 0 bridgehead atoms. The van der Waals surface area contributed by atoms with Gasteiger partial charge in [0, 0.05) is 46.2 Å². The van der Waals surface area contributed by atoms with Crippen LogP contribution in [0.3, 0.4) is 0 Å². The number of aromatic nitrogens is 3. The van der Waals surface area contributed by atoms with Crippen LogP contribution in [0.2, 0.25) is 0 Å². The number of thiazole rings is 1. The van der Waals surface area contributed by atoms with Crippen LogP contribution in [0.15, 0.2) is 48.2 Å². The molecule has 5 nitrogen and oxygen atoms in total. The van der Waals surface area contributed by atoms with Gasteiger partial charge in [-0.3, -0.25) is 14.7 Å². The smallest absolute Gasteiger partial charge is 0.288 e. The Kier molecular flexibility index (Phi) is 5.20. The van der Waals surface area contributed by atoms with E-state index in [1.807, 2.05) is 17.5 Å². The molecule has 1 atom stereocenters. The number of nitrogens with zero attached hydrogens (tertiary/aromatic N) is 3. The molecule has 3 aromatic rings. The highest BCUT2D eigenvalue weighted by Gasteiger charge is 2.32. The van der Waals surface area contributed by atoms with Gasteiger partial charge in [0.25, 0.3) is 0 Å². The SMILES string of the molecule is CC(c1ccc(C(F)(F)F)nc1)=S(C)(=O)Nc1nc(-c2ccncc2)cs1. The second-order valence-electron chi connectivity index (χ2n) is 5.71. The fourth-order valence-corrected chi connectivity index (χ4v) is 4.55. The van der Waals surface area contributed by atoms with Crippen molar-refractivity contribution in [2.45, 2.75) is 13.1 Å². The standard InChI is InChI=1S/C17H15F3N4OS2/c1-11(13-3-4-15(22-9-13)17(18,19)20)27(2,25)24-16-23-14(10-26-16)12-5-7-21-8-6-12/h3-10H,1-2H3,(H,23,24,25). The van der Waals surface area contributed by atoms with Crippen LogP contribution in [0.4, 0.5) is 18.3 Å². The summed E-state index contributed by atoms with van der Waals surface area (Å²) < 4.78 is 53.8. The minimum atomic E-state index is -4.51. The lowest BCUT2D eigenvalue weighted by atomic mass is 10.2. The fraction of sp³-hybridized carbons (Fsp3) is 0.176. The zero-order chi connectivity index (χ0) is 19.7. The van der Waals surface area contributed by atoms with E-state index in [1.54, 1.807) is 19.3 Å². The molecule has 10 heteroatoms. The van der Waals surface area contributed by atoms with Crippen LogP contribution >= 0.6 is 11.3 Å². The molecule has 1 unspecified atom stereocenters. The quantitative estimate of drug-likeness (QED) is 0.518. The van der Waals surface area contributed by atoms with Crippen LogP contribution in [0.25, 0.3) is 11.3 Å². The molecule has 3 rings (SSSR count). The van der Waals surface area contributed by atoms with Crippen molar-refractivity contribution in [3.63, 3.8) is 0 Å². The van der Waals surface area contributed by atoms with Crippen molar-refractivity contribution in [1.29, 1.82) is 0 Å². The van der Waals surface area contributed by atoms with Gasteiger partial charge in [-0.1, -0.05) is 6.07 Å². The van der Waals surface area contributed by atoms with Gasteiger partial charge in [-0.25, -0.2) is 9.19 Å². The van der Waals surface area contributed by atoms with E-state index in [2.05, 4.69) is 19.7 Å². The minimum Gasteiger partial charge on any atom is -0.288 e. The zero-order valence-corrected chi connectivity index (χ0v) is 16.0. The van der Waals surface area contributed by atoms with Gasteiger partial charge in [0.1, 0.15) is 5.69 Å². The molecule has 0 aliphatic carbocycles. The highest BCUT2D eigenvalue weighted by atomic mass is 32.2. The van der Waals surface area contributed by atoms with Crippen LogP contribution < -0.4 is 4.72 Å². The van der Waals surface area contributed by atoms with E-state index in [-0.39, 0.29) is 0 Å². The third kappa shape index (κ3) is 4.45. The Labute approximate surface area is 158 Å². The van der Waals surface area contributed by atoms with Gasteiger partial charge in [0.2, 0.25) is 0 Å². The van der Waals surface area contributed by atoms with Gasteiger partial charge in [-0.15, -0.1) is 11.3 Å². The molecule has 0 saturated heterocycles. The number of rotatable bonds is 4. The molecule has 27 heavy (non-hydrogen) atoms. The molecule has 3 heterocycles. The number of hydrogen-bond acceptors (Lipinski definition) is 5. The molecular formula is C17H15F3N4OS2. The van der Waals surface area contributed by atoms with Crippen molar-refractivity contribution in [2.24, 2.45) is 0 Å². The fourth-order valence-electron chi connectivity index (χ4n) is 2.21. The van der Waals surface area contributed by atoms with E-state index < -0.39 is 21.6 Å². The summed E-state index contributed by atoms with van der Waals surface area (Å²) in [6.45, 7) is 1.59. The molecule has 0 aliphatic rings. The van der Waals surface area contributed by atoms with Gasteiger partial charge in [0.05, 0.1) is 15.4 Å². The van der Waals surface area contributed by atoms with Crippen LogP contribution in [0.1, 0.15) is 18.2 Å². The molecular weight excluding hydrogens is 397 g/mol. The molecule has 0 fully saturated rings. The average molecular weight is 412 g/mol. The van der Waals surface area contributed by atoms with Crippen LogP contribution in [-0.4, -0.2) is 30.3 Å². The van der Waals surface area contributed by atoms with Crippen LogP contribution in [-0.2, 0) is 15.9 Å². The van der Waals surface area contributed by atoms with Crippen LogP contribution in [0.5, 0.6) is 0 Å². The predicted octanol–water partition coefficient (Wildman–Crippen LogP) is 4.10. The first-order chi connectivity index (χ1) is 12.7. The van der Waals surface area contributed by atoms with E-state index in [4.69, 9.17) is 0 Å². The Morgan fingerprint density at radius 2 is 1.89 bits per heavy atom. The molecule has 0 amide bonds. The summed E-state index contributed by atoms with van der Waals surface area (Å²) in [5.74, 6) is 0. The Balaban J connectivity index is 1.87. The Morgan fingerprint density at radius 1 is 1.19 bits per heavy atom. The van der Waals surface area contributed by atoms with Gasteiger partial charge in [0.15, 0.2) is 5.13 Å². The number of anilines is 1. The van der Waals surface area contributed by atoms with Crippen molar-refractivity contribution in [2.75, 3.05) is 11.0 Å². The largest absolute Gasteiger partial charge is 0.433 e. The molecule has 0 radical (unpaired) electrons. The van der Waals surface area contributed by atoms with Gasteiger partial charge in [-0.2, -0.15) is 13.2 Å². The van der Waals surface area contributed by atoms with Gasteiger partial charge in [-0.05, 0) is 25.1 Å². The first-order valence-electron chi connectivity index (χ1n) is 7.67. The number of halogens is 3. The first-order valence-corrected chi connectivity index (χ1v) is 10.5. The van der Waals surface area contributed by atoms with E-state index in [0.29, 0.717) is 21.3 Å². The second kappa shape index (κ2) is 7.28. The summed E-state index contributed by atoms with van der Waals surface area (Å²) in [5.41, 5.74) is 0.976. The van der Waals surface area contributed by atoms with E-state index >= 15 is 0 Å². The maximum atomic E-state index is 13.0. The highest BCUT2D eigenvalue weighted by Crippen LogP contribution is 2.28.